The molecule has 0 radical (unpaired) electrons. The molecule has 1 heteroatoms. The van der Waals surface area contributed by atoms with E-state index >= 15 is 0 Å². The van der Waals surface area contributed by atoms with Crippen LogP contribution in [0, 0.1) is 11.3 Å². The van der Waals surface area contributed by atoms with E-state index in [-0.39, 0.29) is 0 Å². The number of nitrogens with two attached hydrogens (primary N) is 1. The van der Waals surface area contributed by atoms with E-state index in [1.54, 1.807) is 0 Å². The summed E-state index contributed by atoms with van der Waals surface area (Å²) in [6, 6.07) is 0. The third kappa shape index (κ3) is 2.98. The monoisotopic (exact) mass is 183 g/mol. The summed E-state index contributed by atoms with van der Waals surface area (Å²) >= 11 is 0. The second-order valence-electron chi connectivity index (χ2n) is 5.01. The molecule has 1 saturated carbocycles. The van der Waals surface area contributed by atoms with Gasteiger partial charge in [0.15, 0.2) is 0 Å². The maximum Gasteiger partial charge on any atom is -0.00204 e. The van der Waals surface area contributed by atoms with E-state index in [1.807, 2.05) is 0 Å². The summed E-state index contributed by atoms with van der Waals surface area (Å²) in [5, 5.41) is 0. The molecule has 1 atom stereocenters. The Morgan fingerprint density at radius 3 is 2.38 bits per heavy atom. The van der Waals surface area contributed by atoms with E-state index < -0.39 is 0 Å². The first-order valence-corrected chi connectivity index (χ1v) is 5.92. The summed E-state index contributed by atoms with van der Waals surface area (Å²) in [4.78, 5) is 0. The van der Waals surface area contributed by atoms with Crippen LogP contribution in [0.2, 0.25) is 0 Å². The van der Waals surface area contributed by atoms with Crippen molar-refractivity contribution in [2.24, 2.45) is 17.1 Å². The lowest BCUT2D eigenvalue weighted by Crippen LogP contribution is -2.29. The topological polar surface area (TPSA) is 26.0 Å². The van der Waals surface area contributed by atoms with E-state index in [0.29, 0.717) is 5.41 Å². The maximum atomic E-state index is 5.91. The molecular formula is C12H25N. The Labute approximate surface area is 83.1 Å². The Hall–Kier alpha value is -0.0400. The van der Waals surface area contributed by atoms with E-state index in [4.69, 9.17) is 5.73 Å². The zero-order chi connectivity index (χ0) is 9.73. The summed E-state index contributed by atoms with van der Waals surface area (Å²) in [6.45, 7) is 5.58. The molecule has 0 bridgehead atoms. The van der Waals surface area contributed by atoms with Crippen LogP contribution in [0.15, 0.2) is 0 Å². The normalized spacial score (nSPS) is 23.3. The Kier molecular flexibility index (Phi) is 4.24. The molecule has 0 heterocycles. The van der Waals surface area contributed by atoms with Gasteiger partial charge in [0.25, 0.3) is 0 Å². The van der Waals surface area contributed by atoms with Crippen LogP contribution in [0.5, 0.6) is 0 Å². The quantitative estimate of drug-likeness (QED) is 0.695. The fraction of sp³-hybridized carbons (Fsp3) is 1.00. The predicted octanol–water partition coefficient (Wildman–Crippen LogP) is 3.33. The van der Waals surface area contributed by atoms with Crippen LogP contribution in [-0.4, -0.2) is 6.54 Å². The van der Waals surface area contributed by atoms with Gasteiger partial charge in [0.2, 0.25) is 0 Å². The highest BCUT2D eigenvalue weighted by Crippen LogP contribution is 2.42. The third-order valence-corrected chi connectivity index (χ3v) is 3.66. The first-order chi connectivity index (χ1) is 6.22. The third-order valence-electron chi connectivity index (χ3n) is 3.66. The van der Waals surface area contributed by atoms with E-state index in [1.165, 1.54) is 44.9 Å². The van der Waals surface area contributed by atoms with Crippen LogP contribution in [0.1, 0.15) is 58.8 Å². The van der Waals surface area contributed by atoms with Crippen LogP contribution in [0.3, 0.4) is 0 Å². The molecule has 1 aliphatic rings. The van der Waals surface area contributed by atoms with Crippen LogP contribution >= 0.6 is 0 Å². The molecule has 0 spiro atoms. The van der Waals surface area contributed by atoms with Crippen molar-refractivity contribution in [1.82, 2.24) is 0 Å². The minimum Gasteiger partial charge on any atom is -0.330 e. The van der Waals surface area contributed by atoms with E-state index in [0.717, 1.165) is 12.5 Å². The van der Waals surface area contributed by atoms with Crippen LogP contribution in [-0.2, 0) is 0 Å². The average Bonchev–Trinajstić information content (AvgIpc) is 2.54. The lowest BCUT2D eigenvalue weighted by atomic mass is 9.77. The van der Waals surface area contributed by atoms with Gasteiger partial charge < -0.3 is 5.73 Å². The van der Waals surface area contributed by atoms with Crippen LogP contribution in [0.25, 0.3) is 0 Å². The largest absolute Gasteiger partial charge is 0.330 e. The average molecular weight is 183 g/mol. The maximum absolute atomic E-state index is 5.91. The predicted molar refractivity (Wildman–Crippen MR) is 58.6 cm³/mol. The van der Waals surface area contributed by atoms with Gasteiger partial charge in [0.1, 0.15) is 0 Å². The molecule has 1 nitrogen and oxygen atoms in total. The molecule has 0 aromatic rings. The smallest absolute Gasteiger partial charge is 0.00204 e. The lowest BCUT2D eigenvalue weighted by Gasteiger charge is -2.30. The molecule has 2 N–H and O–H groups in total. The standard InChI is InChI=1S/C12H25N/c1-3-6-11(2)9-12(10-13)7-4-5-8-12/h11H,3-10,13H2,1-2H3. The molecule has 0 amide bonds. The molecule has 1 rings (SSSR count). The van der Waals surface area contributed by atoms with Crippen molar-refractivity contribution in [2.45, 2.75) is 58.8 Å². The minimum absolute atomic E-state index is 0.536. The first kappa shape index (κ1) is 11.0. The van der Waals surface area contributed by atoms with Gasteiger partial charge in [-0.2, -0.15) is 0 Å². The molecule has 0 aromatic carbocycles. The highest BCUT2D eigenvalue weighted by atomic mass is 14.6. The van der Waals surface area contributed by atoms with Gasteiger partial charge in [-0.1, -0.05) is 39.5 Å². The lowest BCUT2D eigenvalue weighted by molar-refractivity contribution is 0.229. The van der Waals surface area contributed by atoms with Gasteiger partial charge in [-0.05, 0) is 37.1 Å². The van der Waals surface area contributed by atoms with Gasteiger partial charge >= 0.3 is 0 Å². The summed E-state index contributed by atoms with van der Waals surface area (Å²) in [5.41, 5.74) is 6.45. The minimum atomic E-state index is 0.536. The number of rotatable bonds is 5. The highest BCUT2D eigenvalue weighted by molar-refractivity contribution is 4.86. The van der Waals surface area contributed by atoms with E-state index in [2.05, 4.69) is 13.8 Å². The Morgan fingerprint density at radius 2 is 1.92 bits per heavy atom. The Balaban J connectivity index is 2.38. The molecule has 13 heavy (non-hydrogen) atoms. The molecule has 1 aliphatic carbocycles. The summed E-state index contributed by atoms with van der Waals surface area (Å²) in [5.74, 6) is 0.881. The Bertz CT molecular complexity index is 136. The second kappa shape index (κ2) is 4.99. The van der Waals surface area contributed by atoms with Crippen molar-refractivity contribution < 1.29 is 0 Å². The summed E-state index contributed by atoms with van der Waals surface area (Å²) in [6.07, 6.45) is 9.67. The van der Waals surface area contributed by atoms with Crippen molar-refractivity contribution in [3.63, 3.8) is 0 Å². The zero-order valence-corrected chi connectivity index (χ0v) is 9.31. The number of hydrogen-bond donors (Lipinski definition) is 1. The zero-order valence-electron chi connectivity index (χ0n) is 9.31. The van der Waals surface area contributed by atoms with Crippen molar-refractivity contribution >= 4 is 0 Å². The van der Waals surface area contributed by atoms with Gasteiger partial charge in [0, 0.05) is 0 Å². The van der Waals surface area contributed by atoms with Gasteiger partial charge in [0.05, 0.1) is 0 Å². The fourth-order valence-electron chi connectivity index (χ4n) is 2.95. The molecular weight excluding hydrogens is 158 g/mol. The second-order valence-corrected chi connectivity index (χ2v) is 5.01. The summed E-state index contributed by atoms with van der Waals surface area (Å²) < 4.78 is 0. The van der Waals surface area contributed by atoms with Gasteiger partial charge in [-0.3, -0.25) is 0 Å². The van der Waals surface area contributed by atoms with Crippen molar-refractivity contribution in [2.75, 3.05) is 6.54 Å². The molecule has 0 aliphatic heterocycles. The van der Waals surface area contributed by atoms with Gasteiger partial charge in [-0.25, -0.2) is 0 Å². The molecule has 0 saturated heterocycles. The van der Waals surface area contributed by atoms with Crippen molar-refractivity contribution in [3.8, 4) is 0 Å². The van der Waals surface area contributed by atoms with Crippen molar-refractivity contribution in [3.05, 3.63) is 0 Å². The Morgan fingerprint density at radius 1 is 1.31 bits per heavy atom. The first-order valence-electron chi connectivity index (χ1n) is 5.92. The molecule has 78 valence electrons. The summed E-state index contributed by atoms with van der Waals surface area (Å²) in [7, 11) is 0. The SMILES string of the molecule is CCCC(C)CC1(CN)CCCC1. The number of hydrogen-bond acceptors (Lipinski definition) is 1. The highest BCUT2D eigenvalue weighted by Gasteiger charge is 2.33. The van der Waals surface area contributed by atoms with Crippen molar-refractivity contribution in [1.29, 1.82) is 0 Å². The molecule has 0 aromatic heterocycles. The van der Waals surface area contributed by atoms with E-state index in [9.17, 15) is 0 Å². The van der Waals surface area contributed by atoms with Gasteiger partial charge in [-0.15, -0.1) is 0 Å². The van der Waals surface area contributed by atoms with Crippen LogP contribution < -0.4 is 5.73 Å². The fourth-order valence-corrected chi connectivity index (χ4v) is 2.95. The molecule has 1 fully saturated rings. The van der Waals surface area contributed by atoms with Crippen LogP contribution in [0.4, 0.5) is 0 Å². The molecule has 1 unspecified atom stereocenters.